The quantitative estimate of drug-likeness (QED) is 0.716. The van der Waals surface area contributed by atoms with Crippen LogP contribution in [0.4, 0.5) is 0 Å². The average molecular weight is 414 g/mol. The van der Waals surface area contributed by atoms with Crippen molar-refractivity contribution in [1.82, 2.24) is 24.8 Å². The van der Waals surface area contributed by atoms with Gasteiger partial charge in [-0.1, -0.05) is 12.1 Å². The highest BCUT2D eigenvalue weighted by molar-refractivity contribution is 5.92. The fourth-order valence-electron chi connectivity index (χ4n) is 4.90. The molecule has 0 spiro atoms. The van der Waals surface area contributed by atoms with Gasteiger partial charge >= 0.3 is 0 Å². The first-order chi connectivity index (χ1) is 13.6. The maximum absolute atomic E-state index is 12.9. The van der Waals surface area contributed by atoms with Gasteiger partial charge in [0, 0.05) is 48.4 Å². The van der Waals surface area contributed by atoms with E-state index in [0.717, 1.165) is 53.0 Å². The van der Waals surface area contributed by atoms with Gasteiger partial charge in [-0.15, -0.1) is 12.4 Å². The molecule has 3 aromatic rings. The first kappa shape index (κ1) is 20.1. The molecule has 29 heavy (non-hydrogen) atoms. The number of carbonyl (C=O) groups is 1. The van der Waals surface area contributed by atoms with Crippen LogP contribution in [0.25, 0.3) is 16.6 Å². The first-order valence-electron chi connectivity index (χ1n) is 10.4. The predicted octanol–water partition coefficient (Wildman–Crippen LogP) is 3.21. The van der Waals surface area contributed by atoms with Gasteiger partial charge in [-0.05, 0) is 57.2 Å². The topological polar surface area (TPSA) is 62.5 Å². The molecule has 7 heteroatoms. The summed E-state index contributed by atoms with van der Waals surface area (Å²) in [4.78, 5) is 19.8. The van der Waals surface area contributed by atoms with E-state index in [0.29, 0.717) is 24.9 Å². The number of benzene rings is 1. The van der Waals surface area contributed by atoms with Crippen molar-refractivity contribution in [2.75, 3.05) is 13.1 Å². The molecule has 2 unspecified atom stereocenters. The van der Waals surface area contributed by atoms with Crippen LogP contribution in [0.1, 0.15) is 42.6 Å². The smallest absolute Gasteiger partial charge is 0.222 e. The number of amides is 1. The van der Waals surface area contributed by atoms with E-state index in [9.17, 15) is 4.79 Å². The summed E-state index contributed by atoms with van der Waals surface area (Å²) in [6.45, 7) is 5.87. The van der Waals surface area contributed by atoms with Crippen LogP contribution in [0.5, 0.6) is 0 Å². The monoisotopic (exact) mass is 413 g/mol. The number of rotatable bonds is 3. The van der Waals surface area contributed by atoms with Crippen molar-refractivity contribution in [3.8, 4) is 0 Å². The SMILES string of the molecule is Cc1nc2c3ccccc3nn2c(C)c1CCC(=O)N1CCC2CCC(C1)N2.Cl. The highest BCUT2D eigenvalue weighted by Crippen LogP contribution is 2.24. The number of hydrogen-bond donors (Lipinski definition) is 1. The van der Waals surface area contributed by atoms with Crippen molar-refractivity contribution in [3.63, 3.8) is 0 Å². The Morgan fingerprint density at radius 3 is 2.83 bits per heavy atom. The van der Waals surface area contributed by atoms with Gasteiger partial charge in [-0.25, -0.2) is 9.50 Å². The lowest BCUT2D eigenvalue weighted by Crippen LogP contribution is -2.39. The van der Waals surface area contributed by atoms with Crippen LogP contribution in [0.2, 0.25) is 0 Å². The molecule has 0 saturated carbocycles. The standard InChI is InChI=1S/C22H27N5O.ClH/c1-14-18(9-10-21(28)26-12-11-16-7-8-17(13-26)24-16)15(2)27-22(23-14)19-5-3-4-6-20(19)25-27;/h3-6,16-17,24H,7-13H2,1-2H3;1H. The molecule has 2 fully saturated rings. The van der Waals surface area contributed by atoms with Crippen LogP contribution in [0.3, 0.4) is 0 Å². The van der Waals surface area contributed by atoms with Gasteiger partial charge < -0.3 is 10.2 Å². The number of aryl methyl sites for hydroxylation is 2. The second-order valence-corrected chi connectivity index (χ2v) is 8.28. The molecule has 6 nitrogen and oxygen atoms in total. The predicted molar refractivity (Wildman–Crippen MR) is 117 cm³/mol. The van der Waals surface area contributed by atoms with Crippen molar-refractivity contribution in [2.45, 2.75) is 58.0 Å². The van der Waals surface area contributed by atoms with Gasteiger partial charge in [0.05, 0.1) is 5.52 Å². The Kier molecular flexibility index (Phi) is 5.49. The Labute approximate surface area is 177 Å². The van der Waals surface area contributed by atoms with Crippen molar-refractivity contribution >= 4 is 34.9 Å². The zero-order valence-corrected chi connectivity index (χ0v) is 17.8. The summed E-state index contributed by atoms with van der Waals surface area (Å²) in [5.41, 5.74) is 5.08. The van der Waals surface area contributed by atoms with Crippen molar-refractivity contribution < 1.29 is 4.79 Å². The van der Waals surface area contributed by atoms with E-state index in [-0.39, 0.29) is 18.3 Å². The van der Waals surface area contributed by atoms with Crippen LogP contribution in [-0.4, -0.2) is 50.6 Å². The minimum atomic E-state index is 0. The van der Waals surface area contributed by atoms with Gasteiger partial charge in [0.25, 0.3) is 0 Å². The number of nitrogens with one attached hydrogen (secondary N) is 1. The zero-order chi connectivity index (χ0) is 19.3. The van der Waals surface area contributed by atoms with Crippen molar-refractivity contribution in [1.29, 1.82) is 0 Å². The van der Waals surface area contributed by atoms with E-state index in [1.807, 2.05) is 29.6 Å². The molecule has 1 amide bonds. The van der Waals surface area contributed by atoms with E-state index < -0.39 is 0 Å². The van der Waals surface area contributed by atoms with E-state index >= 15 is 0 Å². The summed E-state index contributed by atoms with van der Waals surface area (Å²) >= 11 is 0. The van der Waals surface area contributed by atoms with Gasteiger partial charge in [0.1, 0.15) is 0 Å². The highest BCUT2D eigenvalue weighted by atomic mass is 35.5. The Morgan fingerprint density at radius 2 is 1.97 bits per heavy atom. The van der Waals surface area contributed by atoms with E-state index in [1.165, 1.54) is 12.8 Å². The summed E-state index contributed by atoms with van der Waals surface area (Å²) in [5.74, 6) is 0.263. The number of hydrogen-bond acceptors (Lipinski definition) is 4. The van der Waals surface area contributed by atoms with Crippen LogP contribution in [-0.2, 0) is 11.2 Å². The number of fused-ring (bicyclic) bond motifs is 5. The lowest BCUT2D eigenvalue weighted by Gasteiger charge is -2.24. The van der Waals surface area contributed by atoms with Gasteiger partial charge in [0.2, 0.25) is 5.91 Å². The third kappa shape index (κ3) is 3.60. The molecule has 0 aliphatic carbocycles. The molecule has 154 valence electrons. The van der Waals surface area contributed by atoms with Gasteiger partial charge in [0.15, 0.2) is 5.65 Å². The molecule has 2 saturated heterocycles. The molecule has 2 atom stereocenters. The second-order valence-electron chi connectivity index (χ2n) is 8.28. The molecule has 0 radical (unpaired) electrons. The lowest BCUT2D eigenvalue weighted by atomic mass is 10.0. The Balaban J connectivity index is 0.00000205. The average Bonchev–Trinajstić information content (AvgIpc) is 3.21. The summed E-state index contributed by atoms with van der Waals surface area (Å²) in [6, 6.07) is 9.18. The molecule has 2 aromatic heterocycles. The minimum absolute atomic E-state index is 0. The molecule has 2 aliphatic heterocycles. The number of halogens is 1. The third-order valence-electron chi connectivity index (χ3n) is 6.48. The number of carbonyl (C=O) groups excluding carboxylic acids is 1. The normalized spacial score (nSPS) is 21.4. The van der Waals surface area contributed by atoms with Crippen LogP contribution < -0.4 is 5.32 Å². The number of aromatic nitrogens is 3. The van der Waals surface area contributed by atoms with Crippen molar-refractivity contribution in [2.24, 2.45) is 0 Å². The molecule has 1 N–H and O–H groups in total. The molecule has 4 heterocycles. The van der Waals surface area contributed by atoms with E-state index in [2.05, 4.69) is 23.2 Å². The highest BCUT2D eigenvalue weighted by Gasteiger charge is 2.31. The number of likely N-dealkylation sites (tertiary alicyclic amines) is 1. The Morgan fingerprint density at radius 1 is 1.17 bits per heavy atom. The lowest BCUT2D eigenvalue weighted by molar-refractivity contribution is -0.131. The van der Waals surface area contributed by atoms with Crippen LogP contribution >= 0.6 is 12.4 Å². The second kappa shape index (κ2) is 7.92. The maximum Gasteiger partial charge on any atom is 0.222 e. The summed E-state index contributed by atoms with van der Waals surface area (Å²) in [7, 11) is 0. The summed E-state index contributed by atoms with van der Waals surface area (Å²) in [6.07, 6.45) is 4.78. The zero-order valence-electron chi connectivity index (χ0n) is 17.0. The molecular formula is C22H28ClN5O. The summed E-state index contributed by atoms with van der Waals surface area (Å²) in [5, 5.41) is 9.44. The molecular weight excluding hydrogens is 386 g/mol. The van der Waals surface area contributed by atoms with Gasteiger partial charge in [-0.2, -0.15) is 5.10 Å². The first-order valence-corrected chi connectivity index (χ1v) is 10.4. The summed E-state index contributed by atoms with van der Waals surface area (Å²) < 4.78 is 1.94. The molecule has 1 aromatic carbocycles. The largest absolute Gasteiger partial charge is 0.341 e. The number of nitrogens with zero attached hydrogens (tertiary/aromatic N) is 4. The van der Waals surface area contributed by atoms with Gasteiger partial charge in [-0.3, -0.25) is 4.79 Å². The van der Waals surface area contributed by atoms with Crippen molar-refractivity contribution in [3.05, 3.63) is 41.2 Å². The fraction of sp³-hybridized carbons (Fsp3) is 0.500. The van der Waals surface area contributed by atoms with E-state index in [1.54, 1.807) is 0 Å². The fourth-order valence-corrected chi connectivity index (χ4v) is 4.90. The molecule has 2 bridgehead atoms. The Hall–Kier alpha value is -2.18. The molecule has 2 aliphatic rings. The molecule has 5 rings (SSSR count). The van der Waals surface area contributed by atoms with E-state index in [4.69, 9.17) is 10.1 Å². The van der Waals surface area contributed by atoms with Crippen LogP contribution in [0.15, 0.2) is 24.3 Å². The van der Waals surface area contributed by atoms with Crippen LogP contribution in [0, 0.1) is 13.8 Å². The maximum atomic E-state index is 12.9. The third-order valence-corrected chi connectivity index (χ3v) is 6.48. The minimum Gasteiger partial charge on any atom is -0.341 e. The Bertz CT molecular complexity index is 1060.